The molecule has 10 heteroatoms. The average molecular weight is 479 g/mol. The topological polar surface area (TPSA) is 85.3 Å². The van der Waals surface area contributed by atoms with Gasteiger partial charge in [-0.2, -0.15) is 0 Å². The van der Waals surface area contributed by atoms with E-state index in [0.29, 0.717) is 5.56 Å². The summed E-state index contributed by atoms with van der Waals surface area (Å²) in [5.74, 6) is -4.02. The number of amides is 2. The lowest BCUT2D eigenvalue weighted by molar-refractivity contribution is -0.123. The van der Waals surface area contributed by atoms with Crippen LogP contribution in [0, 0.1) is 17.7 Å². The zero-order valence-corrected chi connectivity index (χ0v) is 19.1. The van der Waals surface area contributed by atoms with E-state index in [9.17, 15) is 18.5 Å². The molecule has 0 spiro atoms. The van der Waals surface area contributed by atoms with Gasteiger partial charge in [0, 0.05) is 6.21 Å². The second-order valence-electron chi connectivity index (χ2n) is 7.32. The van der Waals surface area contributed by atoms with Crippen molar-refractivity contribution in [2.24, 2.45) is 16.8 Å². The van der Waals surface area contributed by atoms with Crippen molar-refractivity contribution in [3.8, 4) is 0 Å². The molecular weight excluding hydrogens is 458 g/mol. The Kier molecular flexibility index (Phi) is 6.07. The van der Waals surface area contributed by atoms with Crippen molar-refractivity contribution >= 4 is 42.9 Å². The number of carbonyl (C=O) groups excluding carboxylic acids is 2. The lowest BCUT2D eigenvalue weighted by Crippen LogP contribution is -2.40. The number of hydrogen-bond acceptors (Lipinski definition) is 6. The maximum absolute atomic E-state index is 14.2. The molecule has 0 radical (unpaired) electrons. The summed E-state index contributed by atoms with van der Waals surface area (Å²) < 4.78 is 39.1. The van der Waals surface area contributed by atoms with Gasteiger partial charge in [0.1, 0.15) is 5.82 Å². The maximum atomic E-state index is 14.2. The SMILES string of the molecule is CCOP(=O)(OCC)C1(c2ccccc2)N=CC2C(=O)N(c3ccc(F)c(Cl)c3)C(=O)C21. The van der Waals surface area contributed by atoms with Crippen LogP contribution in [-0.4, -0.2) is 31.2 Å². The summed E-state index contributed by atoms with van der Waals surface area (Å²) >= 11 is 5.88. The molecule has 3 atom stereocenters. The Hall–Kier alpha value is -2.38. The molecule has 32 heavy (non-hydrogen) atoms. The Labute approximate surface area is 189 Å². The third-order valence-electron chi connectivity index (χ3n) is 5.59. The molecule has 2 amide bonds. The van der Waals surface area contributed by atoms with Crippen molar-refractivity contribution in [1.29, 1.82) is 0 Å². The first-order valence-corrected chi connectivity index (χ1v) is 12.1. The highest BCUT2D eigenvalue weighted by Gasteiger charge is 2.69. The highest BCUT2D eigenvalue weighted by atomic mass is 35.5. The van der Waals surface area contributed by atoms with E-state index in [1.54, 1.807) is 44.2 Å². The van der Waals surface area contributed by atoms with Gasteiger partial charge in [-0.05, 0) is 37.6 Å². The Balaban J connectivity index is 1.90. The van der Waals surface area contributed by atoms with E-state index in [0.717, 1.165) is 11.0 Å². The van der Waals surface area contributed by atoms with E-state index in [2.05, 4.69) is 4.99 Å². The molecule has 2 aromatic carbocycles. The van der Waals surface area contributed by atoms with Crippen molar-refractivity contribution in [1.82, 2.24) is 0 Å². The first kappa shape index (κ1) is 22.8. The van der Waals surface area contributed by atoms with E-state index < -0.39 is 42.3 Å². The maximum Gasteiger partial charge on any atom is 0.363 e. The zero-order chi connectivity index (χ0) is 23.1. The molecule has 1 saturated heterocycles. The van der Waals surface area contributed by atoms with Crippen LogP contribution in [0.4, 0.5) is 10.1 Å². The van der Waals surface area contributed by atoms with Crippen LogP contribution in [-0.2, 0) is 28.5 Å². The van der Waals surface area contributed by atoms with Crippen LogP contribution in [0.1, 0.15) is 19.4 Å². The molecule has 0 saturated carbocycles. The molecule has 4 rings (SSSR count). The number of nitrogens with zero attached hydrogens (tertiary/aromatic N) is 2. The molecule has 3 unspecified atom stereocenters. The minimum atomic E-state index is -4.07. The van der Waals surface area contributed by atoms with Crippen LogP contribution in [0.3, 0.4) is 0 Å². The summed E-state index contributed by atoms with van der Waals surface area (Å²) in [6.07, 6.45) is 1.34. The number of rotatable bonds is 7. The van der Waals surface area contributed by atoms with Crippen LogP contribution in [0.25, 0.3) is 0 Å². The van der Waals surface area contributed by atoms with Gasteiger partial charge < -0.3 is 9.05 Å². The van der Waals surface area contributed by atoms with Crippen molar-refractivity contribution < 1.29 is 27.6 Å². The van der Waals surface area contributed by atoms with Gasteiger partial charge >= 0.3 is 7.60 Å². The van der Waals surface area contributed by atoms with E-state index in [1.165, 1.54) is 18.3 Å². The van der Waals surface area contributed by atoms with Gasteiger partial charge in [0.15, 0.2) is 5.28 Å². The molecule has 0 N–H and O–H groups in total. The van der Waals surface area contributed by atoms with E-state index in [-0.39, 0.29) is 23.9 Å². The second-order valence-corrected chi connectivity index (χ2v) is 9.92. The number of carbonyl (C=O) groups is 2. The fourth-order valence-corrected chi connectivity index (χ4v) is 6.94. The summed E-state index contributed by atoms with van der Waals surface area (Å²) in [5.41, 5.74) is 0.563. The Morgan fingerprint density at radius 3 is 2.34 bits per heavy atom. The summed E-state index contributed by atoms with van der Waals surface area (Å²) in [5, 5.41) is -1.96. The standard InChI is InChI=1S/C22H21ClFN2O5P/c1-3-30-32(29,31-4-2)22(14-8-6-5-7-9-14)19-16(13-25-22)20(27)26(21(19)28)15-10-11-18(24)17(23)12-15/h5-13,16,19H,3-4H2,1-2H3. The van der Waals surface area contributed by atoms with Crippen molar-refractivity contribution in [2.75, 3.05) is 18.1 Å². The number of hydrogen-bond donors (Lipinski definition) is 0. The first-order valence-electron chi connectivity index (χ1n) is 10.1. The van der Waals surface area contributed by atoms with Crippen molar-refractivity contribution in [2.45, 2.75) is 19.1 Å². The Morgan fingerprint density at radius 1 is 1.09 bits per heavy atom. The van der Waals surface area contributed by atoms with Gasteiger partial charge in [-0.15, -0.1) is 0 Å². The lowest BCUT2D eigenvalue weighted by atomic mass is 9.87. The molecule has 2 heterocycles. The minimum Gasteiger partial charge on any atom is -0.307 e. The number of benzene rings is 2. The van der Waals surface area contributed by atoms with Crippen molar-refractivity contribution in [3.05, 3.63) is 64.9 Å². The van der Waals surface area contributed by atoms with E-state index >= 15 is 0 Å². The largest absolute Gasteiger partial charge is 0.363 e. The predicted molar refractivity (Wildman–Crippen MR) is 118 cm³/mol. The highest BCUT2D eigenvalue weighted by Crippen LogP contribution is 2.72. The molecule has 1 fully saturated rings. The number of anilines is 1. The van der Waals surface area contributed by atoms with E-state index in [4.69, 9.17) is 20.6 Å². The van der Waals surface area contributed by atoms with Gasteiger partial charge in [0.25, 0.3) is 0 Å². The molecule has 0 bridgehead atoms. The minimum absolute atomic E-state index is 0.0538. The second kappa shape index (κ2) is 8.52. The van der Waals surface area contributed by atoms with Gasteiger partial charge in [0.2, 0.25) is 11.8 Å². The number of halogens is 2. The molecular formula is C22H21ClFN2O5P. The predicted octanol–water partition coefficient (Wildman–Crippen LogP) is 4.79. The third-order valence-corrected chi connectivity index (χ3v) is 8.57. The van der Waals surface area contributed by atoms with Crippen LogP contribution in [0.15, 0.2) is 53.5 Å². The third kappa shape index (κ3) is 3.25. The Bertz CT molecular complexity index is 1130. The zero-order valence-electron chi connectivity index (χ0n) is 17.4. The molecule has 7 nitrogen and oxygen atoms in total. The van der Waals surface area contributed by atoms with Crippen LogP contribution >= 0.6 is 19.2 Å². The van der Waals surface area contributed by atoms with Gasteiger partial charge in [0.05, 0.1) is 35.8 Å². The fourth-order valence-electron chi connectivity index (χ4n) is 4.33. The number of aliphatic imine (C=N–C) groups is 1. The van der Waals surface area contributed by atoms with Crippen LogP contribution in [0.5, 0.6) is 0 Å². The molecule has 168 valence electrons. The normalized spacial score (nSPS) is 24.9. The average Bonchev–Trinajstić information content (AvgIpc) is 3.29. The number of imide groups is 1. The van der Waals surface area contributed by atoms with Gasteiger partial charge in [-0.3, -0.25) is 19.1 Å². The Morgan fingerprint density at radius 2 is 1.75 bits per heavy atom. The lowest BCUT2D eigenvalue weighted by Gasteiger charge is -2.37. The smallest absolute Gasteiger partial charge is 0.307 e. The summed E-state index contributed by atoms with van der Waals surface area (Å²) in [6, 6.07) is 12.2. The quantitative estimate of drug-likeness (QED) is 0.422. The van der Waals surface area contributed by atoms with Gasteiger partial charge in [-0.1, -0.05) is 41.9 Å². The molecule has 2 aliphatic heterocycles. The monoisotopic (exact) mass is 478 g/mol. The van der Waals surface area contributed by atoms with E-state index in [1.807, 2.05) is 0 Å². The first-order chi connectivity index (χ1) is 15.3. The van der Waals surface area contributed by atoms with Crippen LogP contribution in [0.2, 0.25) is 5.02 Å². The fraction of sp³-hybridized carbons (Fsp3) is 0.318. The number of fused-ring (bicyclic) bond motifs is 1. The highest BCUT2D eigenvalue weighted by molar-refractivity contribution is 7.55. The summed E-state index contributed by atoms with van der Waals surface area (Å²) in [6.45, 7) is 3.43. The molecule has 2 aliphatic rings. The van der Waals surface area contributed by atoms with Crippen LogP contribution < -0.4 is 4.90 Å². The van der Waals surface area contributed by atoms with Crippen molar-refractivity contribution in [3.63, 3.8) is 0 Å². The molecule has 2 aromatic rings. The molecule has 0 aromatic heterocycles. The molecule has 0 aliphatic carbocycles. The summed E-state index contributed by atoms with van der Waals surface area (Å²) in [4.78, 5) is 32.4. The summed E-state index contributed by atoms with van der Waals surface area (Å²) in [7, 11) is -4.07. The van der Waals surface area contributed by atoms with Gasteiger partial charge in [-0.25, -0.2) is 9.29 Å².